The molecule has 0 spiro atoms. The predicted molar refractivity (Wildman–Crippen MR) is 126 cm³/mol. The molecular weight excluding hydrogens is 486 g/mol. The van der Waals surface area contributed by atoms with E-state index in [-0.39, 0.29) is 36.9 Å². The molecule has 0 bridgehead atoms. The zero-order chi connectivity index (χ0) is 27.1. The molecule has 0 aromatic carbocycles. The van der Waals surface area contributed by atoms with E-state index in [1.54, 1.807) is 26.0 Å². The fourth-order valence-electron chi connectivity index (χ4n) is 3.97. The van der Waals surface area contributed by atoms with Crippen molar-refractivity contribution < 1.29 is 29.1 Å². The van der Waals surface area contributed by atoms with E-state index in [9.17, 15) is 29.1 Å². The van der Waals surface area contributed by atoms with Gasteiger partial charge in [-0.15, -0.1) is 10.2 Å². The van der Waals surface area contributed by atoms with Crippen molar-refractivity contribution in [3.63, 3.8) is 0 Å². The first-order chi connectivity index (χ1) is 17.6. The van der Waals surface area contributed by atoms with Crippen molar-refractivity contribution in [3.05, 3.63) is 29.7 Å². The van der Waals surface area contributed by atoms with Crippen molar-refractivity contribution in [1.29, 1.82) is 0 Å². The number of aliphatic carboxylic acids is 1. The number of carboxylic acid groups (broad SMARTS) is 1. The van der Waals surface area contributed by atoms with Gasteiger partial charge in [-0.05, 0) is 24.0 Å². The molecule has 0 saturated heterocycles. The molecule has 0 fully saturated rings. The van der Waals surface area contributed by atoms with Crippen molar-refractivity contribution in [3.8, 4) is 0 Å². The van der Waals surface area contributed by atoms with Gasteiger partial charge in [-0.1, -0.05) is 25.1 Å². The van der Waals surface area contributed by atoms with Crippen LogP contribution in [0.4, 0.5) is 5.82 Å². The van der Waals surface area contributed by atoms with E-state index in [0.717, 1.165) is 0 Å². The summed E-state index contributed by atoms with van der Waals surface area (Å²) in [5.74, 6) is -3.28. The molecule has 1 aliphatic heterocycles. The number of carboxylic acids is 1. The summed E-state index contributed by atoms with van der Waals surface area (Å²) in [6, 6.07) is 0.149. The number of pyridine rings is 1. The highest BCUT2D eigenvalue weighted by atomic mass is 16.4. The van der Waals surface area contributed by atoms with Crippen molar-refractivity contribution in [1.82, 2.24) is 41.6 Å². The number of hydrogen-bond acceptors (Lipinski definition) is 9. The minimum Gasteiger partial charge on any atom is -0.481 e. The van der Waals surface area contributed by atoms with Crippen LogP contribution in [0.5, 0.6) is 0 Å². The first kappa shape index (κ1) is 27.2. The highest BCUT2D eigenvalue weighted by Gasteiger charge is 2.42. The lowest BCUT2D eigenvalue weighted by molar-refractivity contribution is -0.138. The fraction of sp³-hybridized carbons (Fsp3) is 0.500. The lowest BCUT2D eigenvalue weighted by Crippen LogP contribution is -2.58. The van der Waals surface area contributed by atoms with Gasteiger partial charge in [0.25, 0.3) is 5.91 Å². The molecule has 0 saturated carbocycles. The minimum absolute atomic E-state index is 0.0381. The van der Waals surface area contributed by atoms with Crippen molar-refractivity contribution in [2.45, 2.75) is 64.7 Å². The van der Waals surface area contributed by atoms with E-state index >= 15 is 0 Å². The molecule has 15 nitrogen and oxygen atoms in total. The van der Waals surface area contributed by atoms with E-state index in [1.165, 1.54) is 18.0 Å². The normalized spacial score (nSPS) is 16.0. The summed E-state index contributed by atoms with van der Waals surface area (Å²) in [7, 11) is 0. The molecule has 2 aromatic heterocycles. The highest BCUT2D eigenvalue weighted by molar-refractivity contribution is 6.06. The standard InChI is InChI=1S/C22H29N9O6/c1-11(2)18(25-12(3)32)21(36)26-14(6-7-17(33)34)22(37)31-15(9-13-5-4-8-23-19(13)31)20(35)24-10-16-27-29-30-28-16/h4-5,8,11,14-15,18H,6-7,9-10H2,1-3H3,(H,24,35)(H,25,32)(H,26,36)(H,33,34)(H,27,28,29,30)/t14-,15-,18-/m0/s1. The molecule has 3 heterocycles. The Kier molecular flexibility index (Phi) is 8.81. The van der Waals surface area contributed by atoms with Crippen molar-refractivity contribution in [2.75, 3.05) is 4.90 Å². The van der Waals surface area contributed by atoms with Crippen LogP contribution in [0.25, 0.3) is 0 Å². The Balaban J connectivity index is 1.87. The van der Waals surface area contributed by atoms with Gasteiger partial charge < -0.3 is 21.1 Å². The van der Waals surface area contributed by atoms with Gasteiger partial charge >= 0.3 is 5.97 Å². The molecule has 0 unspecified atom stereocenters. The zero-order valence-electron chi connectivity index (χ0n) is 20.6. The number of aromatic nitrogens is 5. The fourth-order valence-corrected chi connectivity index (χ4v) is 3.97. The van der Waals surface area contributed by atoms with E-state index in [2.05, 4.69) is 41.6 Å². The number of H-pyrrole nitrogens is 1. The molecule has 15 heteroatoms. The van der Waals surface area contributed by atoms with E-state index in [1.807, 2.05) is 0 Å². The highest BCUT2D eigenvalue weighted by Crippen LogP contribution is 2.31. The van der Waals surface area contributed by atoms with Gasteiger partial charge in [0.15, 0.2) is 5.82 Å². The molecule has 0 aliphatic carbocycles. The Morgan fingerprint density at radius 2 is 1.97 bits per heavy atom. The number of anilines is 1. The summed E-state index contributed by atoms with van der Waals surface area (Å²) in [6.07, 6.45) is 0.976. The summed E-state index contributed by atoms with van der Waals surface area (Å²) in [4.78, 5) is 68.3. The van der Waals surface area contributed by atoms with Gasteiger partial charge in [0, 0.05) is 26.0 Å². The van der Waals surface area contributed by atoms with Gasteiger partial charge in [-0.25, -0.2) is 4.98 Å². The number of tetrazole rings is 1. The number of amides is 4. The van der Waals surface area contributed by atoms with Crippen molar-refractivity contribution >= 4 is 35.4 Å². The molecule has 2 aromatic rings. The lowest BCUT2D eigenvalue weighted by Gasteiger charge is -2.30. The number of hydrogen-bond donors (Lipinski definition) is 5. The topological polar surface area (TPSA) is 212 Å². The number of nitrogens with zero attached hydrogens (tertiary/aromatic N) is 5. The Morgan fingerprint density at radius 1 is 1.22 bits per heavy atom. The summed E-state index contributed by atoms with van der Waals surface area (Å²) in [5, 5.41) is 30.3. The molecule has 4 amide bonds. The third kappa shape index (κ3) is 6.83. The molecule has 198 valence electrons. The Labute approximate surface area is 211 Å². The van der Waals surface area contributed by atoms with E-state index in [0.29, 0.717) is 5.56 Å². The number of fused-ring (bicyclic) bond motifs is 1. The van der Waals surface area contributed by atoms with Crippen LogP contribution in [-0.4, -0.2) is 78.4 Å². The summed E-state index contributed by atoms with van der Waals surface area (Å²) >= 11 is 0. The maximum atomic E-state index is 13.8. The van der Waals surface area contributed by atoms with Gasteiger partial charge in [-0.2, -0.15) is 5.21 Å². The van der Waals surface area contributed by atoms with E-state index in [4.69, 9.17) is 0 Å². The Morgan fingerprint density at radius 3 is 2.59 bits per heavy atom. The largest absolute Gasteiger partial charge is 0.481 e. The van der Waals surface area contributed by atoms with Crippen LogP contribution >= 0.6 is 0 Å². The smallest absolute Gasteiger partial charge is 0.303 e. The number of rotatable bonds is 11. The monoisotopic (exact) mass is 515 g/mol. The minimum atomic E-state index is -1.29. The first-order valence-corrected chi connectivity index (χ1v) is 11.6. The molecule has 5 N–H and O–H groups in total. The Hall–Kier alpha value is -4.43. The second-order valence-corrected chi connectivity index (χ2v) is 8.88. The average molecular weight is 516 g/mol. The first-order valence-electron chi connectivity index (χ1n) is 11.6. The van der Waals surface area contributed by atoms with Gasteiger partial charge in [0.2, 0.25) is 17.7 Å². The number of aromatic amines is 1. The van der Waals surface area contributed by atoms with Crippen LogP contribution in [0.2, 0.25) is 0 Å². The second kappa shape index (κ2) is 12.0. The molecule has 0 radical (unpaired) electrons. The van der Waals surface area contributed by atoms with Gasteiger partial charge in [0.1, 0.15) is 23.9 Å². The SMILES string of the molecule is CC(=O)N[C@H](C(=O)N[C@@H](CCC(=O)O)C(=O)N1c2ncccc2C[C@H]1C(=O)NCc1nn[nH]n1)C(C)C. The van der Waals surface area contributed by atoms with Crippen LogP contribution < -0.4 is 20.9 Å². The zero-order valence-corrected chi connectivity index (χ0v) is 20.6. The number of carbonyl (C=O) groups is 5. The summed E-state index contributed by atoms with van der Waals surface area (Å²) in [5.41, 5.74) is 0.636. The second-order valence-electron chi connectivity index (χ2n) is 8.88. The van der Waals surface area contributed by atoms with Crippen LogP contribution in [-0.2, 0) is 36.9 Å². The van der Waals surface area contributed by atoms with Gasteiger partial charge in [0.05, 0.1) is 6.54 Å². The number of carbonyl (C=O) groups excluding carboxylic acids is 4. The quantitative estimate of drug-likeness (QED) is 0.238. The molecule has 3 atom stereocenters. The maximum Gasteiger partial charge on any atom is 0.303 e. The van der Waals surface area contributed by atoms with Crippen LogP contribution in [0.1, 0.15) is 45.0 Å². The molecule has 3 rings (SSSR count). The molecule has 37 heavy (non-hydrogen) atoms. The lowest BCUT2D eigenvalue weighted by atomic mass is 10.0. The molecule has 1 aliphatic rings. The predicted octanol–water partition coefficient (Wildman–Crippen LogP) is -1.32. The summed E-state index contributed by atoms with van der Waals surface area (Å²) in [6.45, 7) is 4.67. The van der Waals surface area contributed by atoms with Crippen LogP contribution in [0, 0.1) is 5.92 Å². The summed E-state index contributed by atoms with van der Waals surface area (Å²) < 4.78 is 0. The third-order valence-corrected chi connectivity index (χ3v) is 5.74. The number of nitrogens with one attached hydrogen (secondary N) is 4. The molecular formula is C22H29N9O6. The van der Waals surface area contributed by atoms with Gasteiger partial charge in [-0.3, -0.25) is 28.9 Å². The average Bonchev–Trinajstić information content (AvgIpc) is 3.50. The van der Waals surface area contributed by atoms with E-state index < -0.39 is 54.1 Å². The Bertz CT molecular complexity index is 1150. The van der Waals surface area contributed by atoms with Crippen LogP contribution in [0.3, 0.4) is 0 Å². The van der Waals surface area contributed by atoms with Crippen molar-refractivity contribution in [2.24, 2.45) is 5.92 Å². The van der Waals surface area contributed by atoms with Crippen LogP contribution in [0.15, 0.2) is 18.3 Å². The third-order valence-electron chi connectivity index (χ3n) is 5.74. The maximum absolute atomic E-state index is 13.8.